The number of carbonyl (C=O) groups excluding carboxylic acids is 1. The topological polar surface area (TPSA) is 66.8 Å². The molecule has 10 heteroatoms. The number of halogens is 4. The lowest BCUT2D eigenvalue weighted by Crippen LogP contribution is -2.23. The lowest BCUT2D eigenvalue weighted by Gasteiger charge is -2.15. The van der Waals surface area contributed by atoms with Crippen LogP contribution in [0.5, 0.6) is 5.75 Å². The van der Waals surface area contributed by atoms with Crippen molar-refractivity contribution >= 4 is 16.9 Å². The van der Waals surface area contributed by atoms with Gasteiger partial charge in [0.15, 0.2) is 18.2 Å². The molecule has 2 aromatic rings. The molecule has 1 aliphatic rings. The Balaban J connectivity index is 1.98. The van der Waals surface area contributed by atoms with Gasteiger partial charge in [-0.3, -0.25) is 4.79 Å². The first kappa shape index (κ1) is 21.1. The van der Waals surface area contributed by atoms with Crippen LogP contribution in [0.3, 0.4) is 0 Å². The summed E-state index contributed by atoms with van der Waals surface area (Å²) in [6.07, 6.45) is -1.82. The monoisotopic (exact) mass is 417 g/mol. The molecule has 1 saturated carbocycles. The summed E-state index contributed by atoms with van der Waals surface area (Å²) in [6.45, 7) is 0.682. The van der Waals surface area contributed by atoms with Gasteiger partial charge in [-0.2, -0.15) is 13.2 Å². The Morgan fingerprint density at radius 1 is 1.24 bits per heavy atom. The van der Waals surface area contributed by atoms with Crippen molar-refractivity contribution in [3.05, 3.63) is 39.9 Å². The highest BCUT2D eigenvalue weighted by molar-refractivity contribution is 5.94. The number of alkyl halides is 3. The highest BCUT2D eigenvalue weighted by Crippen LogP contribution is 2.38. The number of aromatic nitrogens is 1. The van der Waals surface area contributed by atoms with E-state index in [-0.39, 0.29) is 35.7 Å². The number of esters is 1. The lowest BCUT2D eigenvalue weighted by molar-refractivity contribution is -0.153. The number of hydrogen-bond donors (Lipinski definition) is 0. The fourth-order valence-electron chi connectivity index (χ4n) is 2.84. The van der Waals surface area contributed by atoms with Crippen LogP contribution in [0.1, 0.15) is 36.2 Å². The molecule has 0 bridgehead atoms. The van der Waals surface area contributed by atoms with Gasteiger partial charge in [0.05, 0.1) is 12.1 Å². The fourth-order valence-corrected chi connectivity index (χ4v) is 2.84. The zero-order valence-corrected chi connectivity index (χ0v) is 15.6. The van der Waals surface area contributed by atoms with Crippen molar-refractivity contribution in [3.63, 3.8) is 0 Å². The minimum absolute atomic E-state index is 0.0472. The molecule has 1 aromatic heterocycles. The third-order valence-corrected chi connectivity index (χ3v) is 4.30. The van der Waals surface area contributed by atoms with E-state index in [0.717, 1.165) is 25.0 Å². The maximum absolute atomic E-state index is 14.3. The molecule has 1 aliphatic carbocycles. The number of pyridine rings is 1. The molecule has 1 fully saturated rings. The Bertz CT molecular complexity index is 966. The lowest BCUT2D eigenvalue weighted by atomic mass is 10.1. The van der Waals surface area contributed by atoms with E-state index >= 15 is 0 Å². The zero-order chi connectivity index (χ0) is 21.2. The molecule has 0 radical (unpaired) electrons. The molecule has 0 saturated heterocycles. The van der Waals surface area contributed by atoms with Crippen molar-refractivity contribution in [1.29, 1.82) is 0 Å². The zero-order valence-electron chi connectivity index (χ0n) is 15.6. The molecule has 29 heavy (non-hydrogen) atoms. The summed E-state index contributed by atoms with van der Waals surface area (Å²) < 4.78 is 67.7. The summed E-state index contributed by atoms with van der Waals surface area (Å²) in [4.78, 5) is 25.0. The Morgan fingerprint density at radius 2 is 1.97 bits per heavy atom. The van der Waals surface area contributed by atoms with E-state index < -0.39 is 35.7 Å². The smallest absolute Gasteiger partial charge is 0.422 e. The summed E-state index contributed by atoms with van der Waals surface area (Å²) in [5.41, 5.74) is -0.842. The van der Waals surface area contributed by atoms with Gasteiger partial charge in [-0.15, -0.1) is 0 Å². The third-order valence-electron chi connectivity index (χ3n) is 4.30. The van der Waals surface area contributed by atoms with Gasteiger partial charge in [0.1, 0.15) is 12.2 Å². The standard InChI is InChI=1S/C19H19F4NO5/c1-2-27-5-6-28-18(26)13-9-24(11-3-4-11)15-8-16(29-10-19(21,22)23)14(20)7-12(15)17(13)25/h7-9,11H,2-6,10H2,1H3. The Morgan fingerprint density at radius 3 is 2.59 bits per heavy atom. The van der Waals surface area contributed by atoms with E-state index in [0.29, 0.717) is 6.61 Å². The van der Waals surface area contributed by atoms with Crippen LogP contribution < -0.4 is 10.2 Å². The van der Waals surface area contributed by atoms with Gasteiger partial charge in [-0.25, -0.2) is 9.18 Å². The van der Waals surface area contributed by atoms with Crippen LogP contribution in [-0.2, 0) is 9.47 Å². The Kier molecular flexibility index (Phi) is 6.11. The molecular weight excluding hydrogens is 398 g/mol. The van der Waals surface area contributed by atoms with Crippen LogP contribution in [0.15, 0.2) is 23.1 Å². The van der Waals surface area contributed by atoms with Crippen LogP contribution in [0.2, 0.25) is 0 Å². The molecule has 158 valence electrons. The van der Waals surface area contributed by atoms with Crippen molar-refractivity contribution in [2.24, 2.45) is 0 Å². The second-order valence-corrected chi connectivity index (χ2v) is 6.55. The molecule has 0 unspecified atom stereocenters. The van der Waals surface area contributed by atoms with Crippen LogP contribution >= 0.6 is 0 Å². The van der Waals surface area contributed by atoms with Crippen molar-refractivity contribution in [2.45, 2.75) is 32.0 Å². The summed E-state index contributed by atoms with van der Waals surface area (Å²) in [6, 6.07) is 1.80. The SMILES string of the molecule is CCOCCOC(=O)c1cn(C2CC2)c2cc(OCC(F)(F)F)c(F)cc2c1=O. The first-order valence-electron chi connectivity index (χ1n) is 9.04. The maximum Gasteiger partial charge on any atom is 0.422 e. The van der Waals surface area contributed by atoms with E-state index in [1.807, 2.05) is 0 Å². The molecule has 1 heterocycles. The summed E-state index contributed by atoms with van der Waals surface area (Å²) in [7, 11) is 0. The molecule has 0 spiro atoms. The van der Waals surface area contributed by atoms with Gasteiger partial charge >= 0.3 is 12.1 Å². The van der Waals surface area contributed by atoms with Crippen molar-refractivity contribution in [1.82, 2.24) is 4.57 Å². The van der Waals surface area contributed by atoms with Crippen molar-refractivity contribution in [3.8, 4) is 5.75 Å². The first-order chi connectivity index (χ1) is 13.7. The molecule has 1 aromatic carbocycles. The molecule has 6 nitrogen and oxygen atoms in total. The highest BCUT2D eigenvalue weighted by atomic mass is 19.4. The van der Waals surface area contributed by atoms with Crippen molar-refractivity contribution < 1.29 is 36.6 Å². The van der Waals surface area contributed by atoms with Gasteiger partial charge < -0.3 is 18.8 Å². The van der Waals surface area contributed by atoms with Crippen LogP contribution in [-0.4, -0.2) is 43.1 Å². The minimum atomic E-state index is -4.63. The number of nitrogens with zero attached hydrogens (tertiary/aromatic N) is 1. The fraction of sp³-hybridized carbons (Fsp3) is 0.474. The largest absolute Gasteiger partial charge is 0.481 e. The van der Waals surface area contributed by atoms with E-state index in [9.17, 15) is 27.2 Å². The van der Waals surface area contributed by atoms with Crippen LogP contribution in [0, 0.1) is 5.82 Å². The number of benzene rings is 1. The second-order valence-electron chi connectivity index (χ2n) is 6.55. The van der Waals surface area contributed by atoms with E-state index in [1.165, 1.54) is 6.20 Å². The predicted molar refractivity (Wildman–Crippen MR) is 94.8 cm³/mol. The molecule has 0 amide bonds. The van der Waals surface area contributed by atoms with Crippen LogP contribution in [0.25, 0.3) is 10.9 Å². The predicted octanol–water partition coefficient (Wildman–Crippen LogP) is 3.61. The quantitative estimate of drug-likeness (QED) is 0.373. The number of rotatable bonds is 8. The Hall–Kier alpha value is -2.62. The summed E-state index contributed by atoms with van der Waals surface area (Å²) >= 11 is 0. The van der Waals surface area contributed by atoms with Gasteiger partial charge in [0.25, 0.3) is 0 Å². The molecular formula is C19H19F4NO5. The van der Waals surface area contributed by atoms with E-state index in [1.54, 1.807) is 11.5 Å². The number of fused-ring (bicyclic) bond motifs is 1. The molecule has 0 atom stereocenters. The summed E-state index contributed by atoms with van der Waals surface area (Å²) in [5, 5.41) is -0.131. The highest BCUT2D eigenvalue weighted by Gasteiger charge is 2.30. The Labute approximate surface area is 163 Å². The number of carbonyl (C=O) groups is 1. The third kappa shape index (κ3) is 5.06. The second kappa shape index (κ2) is 8.40. The number of hydrogen-bond acceptors (Lipinski definition) is 5. The molecule has 3 rings (SSSR count). The van der Waals surface area contributed by atoms with E-state index in [2.05, 4.69) is 4.74 Å². The maximum atomic E-state index is 14.3. The van der Waals surface area contributed by atoms with Crippen molar-refractivity contribution in [2.75, 3.05) is 26.4 Å². The first-order valence-corrected chi connectivity index (χ1v) is 9.04. The minimum Gasteiger partial charge on any atom is -0.481 e. The van der Waals surface area contributed by atoms with Gasteiger partial charge in [0.2, 0.25) is 5.43 Å². The number of ether oxygens (including phenoxy) is 3. The summed E-state index contributed by atoms with van der Waals surface area (Å²) in [5.74, 6) is -2.61. The average molecular weight is 417 g/mol. The molecule has 0 aliphatic heterocycles. The molecule has 0 N–H and O–H groups in total. The van der Waals surface area contributed by atoms with Gasteiger partial charge in [-0.05, 0) is 25.8 Å². The van der Waals surface area contributed by atoms with Gasteiger partial charge in [-0.1, -0.05) is 0 Å². The normalized spacial score (nSPS) is 14.2. The average Bonchev–Trinajstić information content (AvgIpc) is 3.48. The van der Waals surface area contributed by atoms with E-state index in [4.69, 9.17) is 9.47 Å². The van der Waals surface area contributed by atoms with Crippen LogP contribution in [0.4, 0.5) is 17.6 Å². The van der Waals surface area contributed by atoms with Gasteiger partial charge in [0, 0.05) is 30.3 Å².